The zero-order valence-corrected chi connectivity index (χ0v) is 9.98. The highest BCUT2D eigenvalue weighted by Crippen LogP contribution is 2.14. The van der Waals surface area contributed by atoms with Gasteiger partial charge in [0.1, 0.15) is 0 Å². The lowest BCUT2D eigenvalue weighted by Crippen LogP contribution is -2.29. The Labute approximate surface area is 105 Å². The Balaban J connectivity index is 2.34. The Morgan fingerprint density at radius 2 is 2.11 bits per heavy atom. The van der Waals surface area contributed by atoms with Crippen molar-refractivity contribution in [2.45, 2.75) is 0 Å². The van der Waals surface area contributed by atoms with Crippen molar-refractivity contribution in [3.8, 4) is 5.69 Å². The van der Waals surface area contributed by atoms with Gasteiger partial charge in [-0.05, 0) is 22.6 Å². The van der Waals surface area contributed by atoms with Crippen LogP contribution >= 0.6 is 0 Å². The monoisotopic (exact) mass is 245 g/mol. The first-order chi connectivity index (χ1) is 8.86. The topological polar surface area (TPSA) is 67.1 Å². The summed E-state index contributed by atoms with van der Waals surface area (Å²) in [7, 11) is 0. The molecule has 0 radical (unpaired) electrons. The number of para-hydroxylation sites is 1. The van der Waals surface area contributed by atoms with Gasteiger partial charge < -0.3 is 10.0 Å². The molecule has 1 heterocycles. The zero-order valence-electron chi connectivity index (χ0n) is 9.98. The molecule has 0 aliphatic heterocycles. The predicted octanol–water partition coefficient (Wildman–Crippen LogP) is 0.647. The van der Waals surface area contributed by atoms with E-state index in [0.29, 0.717) is 19.0 Å². The van der Waals surface area contributed by atoms with Gasteiger partial charge >= 0.3 is 0 Å². The number of hydrogen-bond acceptors (Lipinski definition) is 5. The molecule has 0 unspecified atom stereocenters. The summed E-state index contributed by atoms with van der Waals surface area (Å²) in [6.45, 7) is 4.77. The van der Waals surface area contributed by atoms with Gasteiger partial charge in [-0.15, -0.1) is 6.58 Å². The molecule has 2 rings (SSSR count). The number of rotatable bonds is 6. The molecule has 0 saturated carbocycles. The third-order valence-corrected chi connectivity index (χ3v) is 2.46. The van der Waals surface area contributed by atoms with Gasteiger partial charge in [-0.1, -0.05) is 29.4 Å². The van der Waals surface area contributed by atoms with Gasteiger partial charge in [0.05, 0.1) is 12.3 Å². The number of aliphatic hydroxyl groups excluding tert-OH is 1. The number of hydrogen-bond donors (Lipinski definition) is 1. The molecule has 0 bridgehead atoms. The van der Waals surface area contributed by atoms with E-state index in [-0.39, 0.29) is 6.61 Å². The second kappa shape index (κ2) is 5.92. The van der Waals surface area contributed by atoms with Crippen LogP contribution in [0.1, 0.15) is 0 Å². The van der Waals surface area contributed by atoms with Crippen LogP contribution in [0.4, 0.5) is 5.95 Å². The number of aromatic nitrogens is 4. The molecule has 0 aliphatic carbocycles. The average molecular weight is 245 g/mol. The lowest BCUT2D eigenvalue weighted by atomic mass is 10.3. The van der Waals surface area contributed by atoms with E-state index in [0.717, 1.165) is 5.69 Å². The molecule has 18 heavy (non-hydrogen) atoms. The fourth-order valence-electron chi connectivity index (χ4n) is 1.67. The maximum absolute atomic E-state index is 9.07. The minimum absolute atomic E-state index is 0.0372. The van der Waals surface area contributed by atoms with E-state index in [1.54, 1.807) is 10.8 Å². The lowest BCUT2D eigenvalue weighted by molar-refractivity contribution is 0.302. The van der Waals surface area contributed by atoms with Crippen molar-refractivity contribution in [1.82, 2.24) is 20.2 Å². The van der Waals surface area contributed by atoms with Gasteiger partial charge in [-0.3, -0.25) is 0 Å². The van der Waals surface area contributed by atoms with Crippen molar-refractivity contribution in [3.05, 3.63) is 43.0 Å². The molecule has 1 N–H and O–H groups in total. The number of anilines is 1. The van der Waals surface area contributed by atoms with Crippen LogP contribution in [0.15, 0.2) is 43.0 Å². The van der Waals surface area contributed by atoms with Crippen LogP contribution < -0.4 is 4.90 Å². The minimum Gasteiger partial charge on any atom is -0.395 e. The third-order valence-electron chi connectivity index (χ3n) is 2.46. The highest BCUT2D eigenvalue weighted by molar-refractivity contribution is 5.40. The van der Waals surface area contributed by atoms with Crippen LogP contribution in [0, 0.1) is 0 Å². The number of tetrazole rings is 1. The molecule has 6 heteroatoms. The molecular formula is C12H15N5O. The molecule has 0 amide bonds. The van der Waals surface area contributed by atoms with Gasteiger partial charge in [0.25, 0.3) is 5.95 Å². The molecule has 6 nitrogen and oxygen atoms in total. The summed E-state index contributed by atoms with van der Waals surface area (Å²) in [6, 6.07) is 9.62. The molecule has 0 spiro atoms. The first-order valence-corrected chi connectivity index (χ1v) is 5.67. The van der Waals surface area contributed by atoms with Crippen LogP contribution in [0.25, 0.3) is 5.69 Å². The maximum Gasteiger partial charge on any atom is 0.250 e. The van der Waals surface area contributed by atoms with Gasteiger partial charge in [0.15, 0.2) is 0 Å². The summed E-state index contributed by atoms with van der Waals surface area (Å²) in [5.41, 5.74) is 0.879. The third kappa shape index (κ3) is 2.54. The van der Waals surface area contributed by atoms with Gasteiger partial charge in [-0.25, -0.2) is 0 Å². The van der Waals surface area contributed by atoms with Crippen molar-refractivity contribution in [3.63, 3.8) is 0 Å². The molecule has 0 atom stereocenters. The normalized spacial score (nSPS) is 10.3. The van der Waals surface area contributed by atoms with E-state index in [1.165, 1.54) is 0 Å². The molecule has 0 fully saturated rings. The van der Waals surface area contributed by atoms with Crippen molar-refractivity contribution >= 4 is 5.95 Å². The van der Waals surface area contributed by atoms with Crippen LogP contribution in [0.2, 0.25) is 0 Å². The van der Waals surface area contributed by atoms with Crippen LogP contribution in [-0.2, 0) is 0 Å². The van der Waals surface area contributed by atoms with Crippen molar-refractivity contribution in [2.75, 3.05) is 24.6 Å². The molecule has 1 aromatic heterocycles. The summed E-state index contributed by atoms with van der Waals surface area (Å²) in [5, 5.41) is 20.7. The Morgan fingerprint density at radius 3 is 2.78 bits per heavy atom. The van der Waals surface area contributed by atoms with Crippen LogP contribution in [0.5, 0.6) is 0 Å². The first kappa shape index (κ1) is 12.3. The highest BCUT2D eigenvalue weighted by atomic mass is 16.3. The van der Waals surface area contributed by atoms with E-state index in [4.69, 9.17) is 5.11 Å². The van der Waals surface area contributed by atoms with Gasteiger partial charge in [0.2, 0.25) is 0 Å². The Kier molecular flexibility index (Phi) is 4.03. The second-order valence-electron chi connectivity index (χ2n) is 3.68. The predicted molar refractivity (Wildman–Crippen MR) is 68.6 cm³/mol. The van der Waals surface area contributed by atoms with Crippen molar-refractivity contribution < 1.29 is 5.11 Å². The van der Waals surface area contributed by atoms with Crippen LogP contribution in [-0.4, -0.2) is 45.0 Å². The minimum atomic E-state index is 0.0372. The van der Waals surface area contributed by atoms with E-state index in [2.05, 4.69) is 22.1 Å². The maximum atomic E-state index is 9.07. The first-order valence-electron chi connectivity index (χ1n) is 5.67. The summed E-state index contributed by atoms with van der Waals surface area (Å²) in [4.78, 5) is 1.86. The summed E-state index contributed by atoms with van der Waals surface area (Å²) in [5.74, 6) is 0.593. The summed E-state index contributed by atoms with van der Waals surface area (Å²) < 4.78 is 1.64. The number of benzene rings is 1. The zero-order chi connectivity index (χ0) is 12.8. The van der Waals surface area contributed by atoms with E-state index in [1.807, 2.05) is 35.2 Å². The standard InChI is InChI=1S/C12H15N5O/c1-2-8-16(9-10-18)12-13-14-15-17(12)11-6-4-3-5-7-11/h2-7,18H,1,8-10H2. The Hall–Kier alpha value is -2.21. The fraction of sp³-hybridized carbons (Fsp3) is 0.250. The van der Waals surface area contributed by atoms with E-state index >= 15 is 0 Å². The quantitative estimate of drug-likeness (QED) is 0.757. The molecule has 1 aromatic carbocycles. The molecule has 0 aliphatic rings. The Morgan fingerprint density at radius 1 is 1.33 bits per heavy atom. The smallest absolute Gasteiger partial charge is 0.250 e. The van der Waals surface area contributed by atoms with Crippen molar-refractivity contribution in [1.29, 1.82) is 0 Å². The van der Waals surface area contributed by atoms with Gasteiger partial charge in [-0.2, -0.15) is 4.68 Å². The molecule has 2 aromatic rings. The average Bonchev–Trinajstić information content (AvgIpc) is 2.88. The molecule has 94 valence electrons. The van der Waals surface area contributed by atoms with Gasteiger partial charge in [0, 0.05) is 13.1 Å². The van der Waals surface area contributed by atoms with Crippen LogP contribution in [0.3, 0.4) is 0 Å². The SMILES string of the molecule is C=CCN(CCO)c1nnnn1-c1ccccc1. The number of aliphatic hydroxyl groups is 1. The molecule has 0 saturated heterocycles. The molecular weight excluding hydrogens is 230 g/mol. The number of nitrogens with zero attached hydrogens (tertiary/aromatic N) is 5. The highest BCUT2D eigenvalue weighted by Gasteiger charge is 2.14. The summed E-state index contributed by atoms with van der Waals surface area (Å²) >= 11 is 0. The van der Waals surface area contributed by atoms with Crippen molar-refractivity contribution in [2.24, 2.45) is 0 Å². The Bertz CT molecular complexity index is 496. The van der Waals surface area contributed by atoms with E-state index < -0.39 is 0 Å². The van der Waals surface area contributed by atoms with E-state index in [9.17, 15) is 0 Å². The second-order valence-corrected chi connectivity index (χ2v) is 3.68. The largest absolute Gasteiger partial charge is 0.395 e. The lowest BCUT2D eigenvalue weighted by Gasteiger charge is -2.20. The summed E-state index contributed by atoms with van der Waals surface area (Å²) in [6.07, 6.45) is 1.75. The fourth-order valence-corrected chi connectivity index (χ4v) is 1.67.